The smallest absolute Gasteiger partial charge is 0.0715 e. The second-order valence-electron chi connectivity index (χ2n) is 4.56. The van der Waals surface area contributed by atoms with Crippen LogP contribution in [0.25, 0.3) is 0 Å². The summed E-state index contributed by atoms with van der Waals surface area (Å²) < 4.78 is 5.18. The molecule has 1 saturated carbocycles. The second-order valence-corrected chi connectivity index (χ2v) is 4.56. The quantitative estimate of drug-likeness (QED) is 0.800. The molecule has 2 N–H and O–H groups in total. The molecular weight excluding hydrogens is 186 g/mol. The molecule has 0 spiro atoms. The third-order valence-electron chi connectivity index (χ3n) is 3.20. The van der Waals surface area contributed by atoms with E-state index in [1.54, 1.807) is 7.11 Å². The number of hydrogen-bond acceptors (Lipinski definition) is 2. The van der Waals surface area contributed by atoms with Gasteiger partial charge < -0.3 is 10.5 Å². The molecule has 1 aromatic carbocycles. The van der Waals surface area contributed by atoms with Crippen molar-refractivity contribution in [3.63, 3.8) is 0 Å². The summed E-state index contributed by atoms with van der Waals surface area (Å²) in [5, 5.41) is 0. The fourth-order valence-corrected chi connectivity index (χ4v) is 1.89. The van der Waals surface area contributed by atoms with Gasteiger partial charge in [-0.1, -0.05) is 24.3 Å². The molecule has 1 aliphatic rings. The Morgan fingerprint density at radius 2 is 1.93 bits per heavy atom. The lowest BCUT2D eigenvalue weighted by atomic mass is 10.00. The van der Waals surface area contributed by atoms with Crippen molar-refractivity contribution in [2.45, 2.75) is 37.8 Å². The number of nitrogens with two attached hydrogens (primary N) is 1. The predicted octanol–water partition coefficient (Wildman–Crippen LogP) is 2.26. The van der Waals surface area contributed by atoms with E-state index in [0.717, 1.165) is 12.8 Å². The van der Waals surface area contributed by atoms with Crippen molar-refractivity contribution in [3.8, 4) is 0 Å². The Morgan fingerprint density at radius 1 is 1.27 bits per heavy atom. The Labute approximate surface area is 91.4 Å². The van der Waals surface area contributed by atoms with Crippen molar-refractivity contribution >= 4 is 0 Å². The summed E-state index contributed by atoms with van der Waals surface area (Å²) in [6.45, 7) is 0.702. The third-order valence-corrected chi connectivity index (χ3v) is 3.20. The molecule has 0 aliphatic heterocycles. The summed E-state index contributed by atoms with van der Waals surface area (Å²) in [4.78, 5) is 0. The largest absolute Gasteiger partial charge is 0.380 e. The number of aryl methyl sites for hydroxylation is 1. The van der Waals surface area contributed by atoms with Crippen LogP contribution in [-0.4, -0.2) is 12.6 Å². The van der Waals surface area contributed by atoms with Gasteiger partial charge in [0.05, 0.1) is 6.61 Å². The highest BCUT2D eigenvalue weighted by Crippen LogP contribution is 2.36. The zero-order valence-electron chi connectivity index (χ0n) is 9.33. The molecule has 15 heavy (non-hydrogen) atoms. The van der Waals surface area contributed by atoms with Crippen LogP contribution in [0.4, 0.5) is 0 Å². The Hall–Kier alpha value is -0.860. The molecule has 0 unspecified atom stereocenters. The molecule has 0 aromatic heterocycles. The van der Waals surface area contributed by atoms with E-state index in [4.69, 9.17) is 10.5 Å². The standard InChI is InChI=1S/C13H19NO/c1-15-10-12-5-3-2-4-11(12)6-7-13(14)8-9-13/h2-5H,6-10,14H2,1H3. The summed E-state index contributed by atoms with van der Waals surface area (Å²) in [7, 11) is 1.74. The molecule has 1 aromatic rings. The molecule has 0 amide bonds. The van der Waals surface area contributed by atoms with E-state index < -0.39 is 0 Å². The highest BCUT2D eigenvalue weighted by Gasteiger charge is 2.37. The van der Waals surface area contributed by atoms with Crippen LogP contribution in [0.5, 0.6) is 0 Å². The molecule has 0 radical (unpaired) electrons. The monoisotopic (exact) mass is 205 g/mol. The molecule has 1 aliphatic carbocycles. The van der Waals surface area contributed by atoms with E-state index in [0.29, 0.717) is 6.61 Å². The number of benzene rings is 1. The summed E-state index contributed by atoms with van der Waals surface area (Å²) in [6.07, 6.45) is 4.57. The third kappa shape index (κ3) is 2.80. The summed E-state index contributed by atoms with van der Waals surface area (Å²) in [6, 6.07) is 8.47. The SMILES string of the molecule is COCc1ccccc1CCC1(N)CC1. The van der Waals surface area contributed by atoms with Gasteiger partial charge in [-0.3, -0.25) is 0 Å². The van der Waals surface area contributed by atoms with Gasteiger partial charge >= 0.3 is 0 Å². The number of ether oxygens (including phenoxy) is 1. The van der Waals surface area contributed by atoms with Gasteiger partial charge in [-0.25, -0.2) is 0 Å². The summed E-state index contributed by atoms with van der Waals surface area (Å²) >= 11 is 0. The van der Waals surface area contributed by atoms with Gasteiger partial charge in [0.15, 0.2) is 0 Å². The predicted molar refractivity (Wildman–Crippen MR) is 61.6 cm³/mol. The number of rotatable bonds is 5. The van der Waals surface area contributed by atoms with Crippen molar-refractivity contribution in [2.24, 2.45) is 5.73 Å². The molecule has 0 heterocycles. The van der Waals surface area contributed by atoms with Crippen molar-refractivity contribution < 1.29 is 4.74 Å². The lowest BCUT2D eigenvalue weighted by Gasteiger charge is -2.11. The normalized spacial score (nSPS) is 17.7. The Kier molecular flexibility index (Phi) is 3.08. The van der Waals surface area contributed by atoms with Crippen molar-refractivity contribution in [1.82, 2.24) is 0 Å². The van der Waals surface area contributed by atoms with Gasteiger partial charge in [0.2, 0.25) is 0 Å². The first-order chi connectivity index (χ1) is 7.23. The van der Waals surface area contributed by atoms with E-state index >= 15 is 0 Å². The highest BCUT2D eigenvalue weighted by molar-refractivity contribution is 5.27. The first-order valence-electron chi connectivity index (χ1n) is 5.58. The minimum Gasteiger partial charge on any atom is -0.380 e. The van der Waals surface area contributed by atoms with Crippen LogP contribution < -0.4 is 5.73 Å². The maximum Gasteiger partial charge on any atom is 0.0715 e. The average molecular weight is 205 g/mol. The highest BCUT2D eigenvalue weighted by atomic mass is 16.5. The van der Waals surface area contributed by atoms with E-state index in [1.165, 1.54) is 24.0 Å². The lowest BCUT2D eigenvalue weighted by Crippen LogP contribution is -2.22. The maximum atomic E-state index is 6.09. The van der Waals surface area contributed by atoms with Crippen LogP contribution in [0, 0.1) is 0 Å². The zero-order valence-corrected chi connectivity index (χ0v) is 9.33. The van der Waals surface area contributed by atoms with Crippen LogP contribution in [0.3, 0.4) is 0 Å². The van der Waals surface area contributed by atoms with Gasteiger partial charge in [0.25, 0.3) is 0 Å². The first-order valence-corrected chi connectivity index (χ1v) is 5.58. The lowest BCUT2D eigenvalue weighted by molar-refractivity contribution is 0.184. The van der Waals surface area contributed by atoms with E-state index in [9.17, 15) is 0 Å². The minimum absolute atomic E-state index is 0.153. The van der Waals surface area contributed by atoms with E-state index in [-0.39, 0.29) is 5.54 Å². The zero-order chi connectivity index (χ0) is 10.7. The van der Waals surface area contributed by atoms with Crippen LogP contribution >= 0.6 is 0 Å². The second kappa shape index (κ2) is 4.33. The molecule has 2 heteroatoms. The van der Waals surface area contributed by atoms with Gasteiger partial charge in [-0.15, -0.1) is 0 Å². The van der Waals surface area contributed by atoms with Crippen LogP contribution in [0.1, 0.15) is 30.4 Å². The Balaban J connectivity index is 1.99. The van der Waals surface area contributed by atoms with Gasteiger partial charge in [-0.05, 0) is 36.8 Å². The number of methoxy groups -OCH3 is 1. The average Bonchev–Trinajstić information content (AvgIpc) is 2.97. The molecule has 0 atom stereocenters. The fraction of sp³-hybridized carbons (Fsp3) is 0.538. The number of hydrogen-bond donors (Lipinski definition) is 1. The summed E-state index contributed by atoms with van der Waals surface area (Å²) in [5.74, 6) is 0. The fourth-order valence-electron chi connectivity index (χ4n) is 1.89. The van der Waals surface area contributed by atoms with Crippen molar-refractivity contribution in [1.29, 1.82) is 0 Å². The van der Waals surface area contributed by atoms with E-state index in [2.05, 4.69) is 24.3 Å². The summed E-state index contributed by atoms with van der Waals surface area (Å²) in [5.41, 5.74) is 8.92. The van der Waals surface area contributed by atoms with Gasteiger partial charge in [-0.2, -0.15) is 0 Å². The van der Waals surface area contributed by atoms with E-state index in [1.807, 2.05) is 0 Å². The topological polar surface area (TPSA) is 35.2 Å². The van der Waals surface area contributed by atoms with Gasteiger partial charge in [0, 0.05) is 12.6 Å². The minimum atomic E-state index is 0.153. The molecule has 0 saturated heterocycles. The molecule has 0 bridgehead atoms. The first kappa shape index (κ1) is 10.7. The van der Waals surface area contributed by atoms with Crippen LogP contribution in [-0.2, 0) is 17.8 Å². The Morgan fingerprint density at radius 3 is 2.53 bits per heavy atom. The van der Waals surface area contributed by atoms with Crippen molar-refractivity contribution in [3.05, 3.63) is 35.4 Å². The molecule has 2 nitrogen and oxygen atoms in total. The van der Waals surface area contributed by atoms with Crippen LogP contribution in [0.15, 0.2) is 24.3 Å². The molecule has 2 rings (SSSR count). The van der Waals surface area contributed by atoms with Gasteiger partial charge in [0.1, 0.15) is 0 Å². The van der Waals surface area contributed by atoms with Crippen molar-refractivity contribution in [2.75, 3.05) is 7.11 Å². The Bertz CT molecular complexity index is 331. The molecule has 82 valence electrons. The molecule has 1 fully saturated rings. The van der Waals surface area contributed by atoms with Crippen LogP contribution in [0.2, 0.25) is 0 Å². The maximum absolute atomic E-state index is 6.09. The molecular formula is C13H19NO.